The van der Waals surface area contributed by atoms with Crippen molar-refractivity contribution in [3.8, 4) is 0 Å². The summed E-state index contributed by atoms with van der Waals surface area (Å²) in [6, 6.07) is 10.2. The van der Waals surface area contributed by atoms with Crippen LogP contribution in [0.2, 0.25) is 0 Å². The summed E-state index contributed by atoms with van der Waals surface area (Å²) in [5.41, 5.74) is 1.24. The van der Waals surface area contributed by atoms with E-state index >= 15 is 0 Å². The Labute approximate surface area is 138 Å². The van der Waals surface area contributed by atoms with Crippen molar-refractivity contribution in [1.82, 2.24) is 9.80 Å². The molecular weight excluding hydrogens is 292 g/mol. The fraction of sp³-hybridized carbons (Fsp3) is 0.611. The van der Waals surface area contributed by atoms with Crippen molar-refractivity contribution in [2.45, 2.75) is 25.5 Å². The van der Waals surface area contributed by atoms with Crippen molar-refractivity contribution in [3.05, 3.63) is 35.9 Å². The molecule has 128 valence electrons. The summed E-state index contributed by atoms with van der Waals surface area (Å²) in [5.74, 6) is -0.187. The number of likely N-dealkylation sites (N-methyl/N-ethyl adjacent to an activating group) is 1. The lowest BCUT2D eigenvalue weighted by molar-refractivity contribution is -0.147. The first kappa shape index (κ1) is 17.9. The Morgan fingerprint density at radius 2 is 2.17 bits per heavy atom. The second-order valence-electron chi connectivity index (χ2n) is 6.46. The molecule has 1 saturated heterocycles. The van der Waals surface area contributed by atoms with Crippen LogP contribution in [0, 0.1) is 5.92 Å². The van der Waals surface area contributed by atoms with Crippen LogP contribution < -0.4 is 0 Å². The number of benzene rings is 1. The lowest BCUT2D eigenvalue weighted by atomic mass is 9.98. The van der Waals surface area contributed by atoms with Crippen LogP contribution in [-0.4, -0.2) is 67.3 Å². The maximum atomic E-state index is 11.7. The molecule has 0 spiro atoms. The van der Waals surface area contributed by atoms with Crippen LogP contribution in [0.1, 0.15) is 18.4 Å². The first-order valence-electron chi connectivity index (χ1n) is 8.29. The molecule has 1 fully saturated rings. The van der Waals surface area contributed by atoms with Gasteiger partial charge in [-0.1, -0.05) is 30.3 Å². The van der Waals surface area contributed by atoms with Crippen molar-refractivity contribution < 1.29 is 14.6 Å². The van der Waals surface area contributed by atoms with E-state index in [9.17, 15) is 9.90 Å². The molecule has 0 bridgehead atoms. The molecule has 0 amide bonds. The smallest absolute Gasteiger partial charge is 0.309 e. The summed E-state index contributed by atoms with van der Waals surface area (Å²) < 4.78 is 4.84. The van der Waals surface area contributed by atoms with Crippen molar-refractivity contribution in [1.29, 1.82) is 0 Å². The Bertz CT molecular complexity index is 480. The molecule has 2 unspecified atom stereocenters. The van der Waals surface area contributed by atoms with Gasteiger partial charge in [0.1, 0.15) is 0 Å². The van der Waals surface area contributed by atoms with Gasteiger partial charge in [-0.05, 0) is 32.0 Å². The second-order valence-corrected chi connectivity index (χ2v) is 6.46. The number of rotatable bonds is 7. The van der Waals surface area contributed by atoms with Gasteiger partial charge in [0.25, 0.3) is 0 Å². The maximum Gasteiger partial charge on any atom is 0.309 e. The summed E-state index contributed by atoms with van der Waals surface area (Å²) in [4.78, 5) is 16.0. The molecule has 5 heteroatoms. The van der Waals surface area contributed by atoms with Gasteiger partial charge in [0.15, 0.2) is 0 Å². The number of hydrogen-bond donors (Lipinski definition) is 1. The number of carbonyl (C=O) groups excluding carboxylic acids is 1. The van der Waals surface area contributed by atoms with Gasteiger partial charge in [0.2, 0.25) is 0 Å². The normalized spacial score (nSPS) is 20.4. The number of likely N-dealkylation sites (tertiary alicyclic amines) is 1. The monoisotopic (exact) mass is 320 g/mol. The summed E-state index contributed by atoms with van der Waals surface area (Å²) in [6.07, 6.45) is 1.44. The van der Waals surface area contributed by atoms with Gasteiger partial charge in [0.05, 0.1) is 19.1 Å². The SMILES string of the molecule is COC(=O)C1CCCN(CC(O)CN(C)Cc2ccccc2)C1. The average molecular weight is 320 g/mol. The Morgan fingerprint density at radius 3 is 2.87 bits per heavy atom. The zero-order valence-electron chi connectivity index (χ0n) is 14.1. The van der Waals surface area contributed by atoms with E-state index in [4.69, 9.17) is 4.74 Å². The summed E-state index contributed by atoms with van der Waals surface area (Å²) in [7, 11) is 3.46. The lowest BCUT2D eigenvalue weighted by Crippen LogP contribution is -2.45. The number of nitrogens with zero attached hydrogens (tertiary/aromatic N) is 2. The number of aliphatic hydroxyl groups excluding tert-OH is 1. The van der Waals surface area contributed by atoms with Crippen LogP contribution in [0.3, 0.4) is 0 Å². The van der Waals surface area contributed by atoms with E-state index < -0.39 is 6.10 Å². The molecule has 1 aromatic rings. The average Bonchev–Trinajstić information content (AvgIpc) is 2.55. The fourth-order valence-electron chi connectivity index (χ4n) is 3.26. The van der Waals surface area contributed by atoms with E-state index in [0.717, 1.165) is 25.9 Å². The van der Waals surface area contributed by atoms with Gasteiger partial charge >= 0.3 is 5.97 Å². The molecule has 5 nitrogen and oxygen atoms in total. The number of hydrogen-bond acceptors (Lipinski definition) is 5. The number of methoxy groups -OCH3 is 1. The Hall–Kier alpha value is -1.43. The molecule has 1 heterocycles. The second kappa shape index (κ2) is 9.01. The predicted molar refractivity (Wildman–Crippen MR) is 90.0 cm³/mol. The third-order valence-electron chi connectivity index (χ3n) is 4.33. The minimum absolute atomic E-state index is 0.0528. The molecule has 1 aromatic carbocycles. The molecule has 0 radical (unpaired) electrons. The molecule has 0 aromatic heterocycles. The number of piperidine rings is 1. The van der Waals surface area contributed by atoms with Crippen LogP contribution >= 0.6 is 0 Å². The third kappa shape index (κ3) is 5.94. The molecule has 0 saturated carbocycles. The van der Waals surface area contributed by atoms with Gasteiger partial charge in [-0.25, -0.2) is 0 Å². The van der Waals surface area contributed by atoms with Crippen LogP contribution in [0.25, 0.3) is 0 Å². The Balaban J connectivity index is 1.75. The highest BCUT2D eigenvalue weighted by molar-refractivity contribution is 5.72. The number of aliphatic hydroxyl groups is 1. The molecule has 1 aliphatic heterocycles. The quantitative estimate of drug-likeness (QED) is 0.769. The summed E-state index contributed by atoms with van der Waals surface area (Å²) in [5, 5.41) is 10.3. The van der Waals surface area contributed by atoms with E-state index in [0.29, 0.717) is 19.6 Å². The van der Waals surface area contributed by atoms with E-state index in [1.54, 1.807) is 0 Å². The zero-order chi connectivity index (χ0) is 16.7. The first-order valence-corrected chi connectivity index (χ1v) is 8.29. The van der Waals surface area contributed by atoms with Gasteiger partial charge < -0.3 is 9.84 Å². The number of carbonyl (C=O) groups is 1. The number of β-amino-alcohol motifs (C(OH)–C–C–N with tert-alkyl or cyclic N) is 1. The molecule has 1 N–H and O–H groups in total. The Kier molecular flexibility index (Phi) is 7.02. The highest BCUT2D eigenvalue weighted by Crippen LogP contribution is 2.18. The van der Waals surface area contributed by atoms with Crippen LogP contribution in [0.4, 0.5) is 0 Å². The highest BCUT2D eigenvalue weighted by Gasteiger charge is 2.27. The summed E-state index contributed by atoms with van der Waals surface area (Å²) >= 11 is 0. The van der Waals surface area contributed by atoms with Crippen molar-refractivity contribution in [2.24, 2.45) is 5.92 Å². The van der Waals surface area contributed by atoms with E-state index in [1.807, 2.05) is 25.2 Å². The first-order chi connectivity index (χ1) is 11.1. The lowest BCUT2D eigenvalue weighted by Gasteiger charge is -2.33. The van der Waals surface area contributed by atoms with Crippen molar-refractivity contribution in [2.75, 3.05) is 40.3 Å². The standard InChI is InChI=1S/C18H28N2O3/c1-19(11-15-7-4-3-5-8-15)13-17(21)14-20-10-6-9-16(12-20)18(22)23-2/h3-5,7-8,16-17,21H,6,9-14H2,1-2H3. The maximum absolute atomic E-state index is 11.7. The molecule has 2 rings (SSSR count). The van der Waals surface area contributed by atoms with Crippen LogP contribution in [-0.2, 0) is 16.1 Å². The minimum Gasteiger partial charge on any atom is -0.469 e. The van der Waals surface area contributed by atoms with Crippen LogP contribution in [0.5, 0.6) is 0 Å². The molecule has 0 aliphatic carbocycles. The molecule has 1 aliphatic rings. The van der Waals surface area contributed by atoms with Gasteiger partial charge in [-0.3, -0.25) is 14.6 Å². The molecular formula is C18H28N2O3. The van der Waals surface area contributed by atoms with Crippen molar-refractivity contribution >= 4 is 5.97 Å². The zero-order valence-corrected chi connectivity index (χ0v) is 14.1. The van der Waals surface area contributed by atoms with E-state index in [-0.39, 0.29) is 11.9 Å². The van der Waals surface area contributed by atoms with E-state index in [1.165, 1.54) is 12.7 Å². The van der Waals surface area contributed by atoms with Crippen molar-refractivity contribution in [3.63, 3.8) is 0 Å². The Morgan fingerprint density at radius 1 is 1.43 bits per heavy atom. The van der Waals surface area contributed by atoms with Gasteiger partial charge in [0, 0.05) is 26.2 Å². The summed E-state index contributed by atoms with van der Waals surface area (Å²) in [6.45, 7) is 3.67. The van der Waals surface area contributed by atoms with Crippen LogP contribution in [0.15, 0.2) is 30.3 Å². The topological polar surface area (TPSA) is 53.0 Å². The molecule has 2 atom stereocenters. The largest absolute Gasteiger partial charge is 0.469 e. The van der Waals surface area contributed by atoms with Gasteiger partial charge in [-0.15, -0.1) is 0 Å². The minimum atomic E-state index is -0.417. The fourth-order valence-corrected chi connectivity index (χ4v) is 3.26. The highest BCUT2D eigenvalue weighted by atomic mass is 16.5. The predicted octanol–water partition coefficient (Wildman–Crippen LogP) is 1.36. The number of ether oxygens (including phenoxy) is 1. The third-order valence-corrected chi connectivity index (χ3v) is 4.33. The molecule has 23 heavy (non-hydrogen) atoms. The number of esters is 1. The van der Waals surface area contributed by atoms with Gasteiger partial charge in [-0.2, -0.15) is 0 Å². The van der Waals surface area contributed by atoms with E-state index in [2.05, 4.69) is 21.9 Å².